The van der Waals surface area contributed by atoms with Crippen molar-refractivity contribution in [1.82, 2.24) is 9.80 Å². The molecule has 2 atom stereocenters. The third-order valence-electron chi connectivity index (χ3n) is 13.2. The minimum Gasteiger partial charge on any atom is -0.379 e. The topological polar surface area (TPSA) is 174 Å². The number of Topliss-reactive ketones (excluding diaryl/α,β-unsaturated/α-hetero) is 2. The van der Waals surface area contributed by atoms with Crippen molar-refractivity contribution in [2.24, 2.45) is 0 Å². The normalized spacial score (nSPS) is 16.1. The van der Waals surface area contributed by atoms with Crippen LogP contribution in [0.3, 0.4) is 0 Å². The fourth-order valence-corrected chi connectivity index (χ4v) is 13.0. The highest BCUT2D eigenvalue weighted by molar-refractivity contribution is 7.91. The van der Waals surface area contributed by atoms with Crippen molar-refractivity contribution in [3.8, 4) is 0 Å². The Morgan fingerprint density at radius 3 is 1.14 bits per heavy atom. The second-order valence-electron chi connectivity index (χ2n) is 19.3. The van der Waals surface area contributed by atoms with Gasteiger partial charge >= 0.3 is 0 Å². The third-order valence-corrected chi connectivity index (χ3v) is 17.9. The maximum absolute atomic E-state index is 13.0. The summed E-state index contributed by atoms with van der Waals surface area (Å²) in [5, 5.41) is 2.43. The van der Waals surface area contributed by atoms with E-state index >= 15 is 0 Å². The Kier molecular flexibility index (Phi) is 26.5. The first-order valence-electron chi connectivity index (χ1n) is 26.1. The van der Waals surface area contributed by atoms with Gasteiger partial charge in [-0.1, -0.05) is 70.7 Å². The number of rotatable bonds is 36. The van der Waals surface area contributed by atoms with E-state index in [1.165, 1.54) is 0 Å². The van der Waals surface area contributed by atoms with Crippen LogP contribution < -0.4 is 0 Å². The van der Waals surface area contributed by atoms with Crippen LogP contribution in [0.4, 0.5) is 0 Å². The number of benzene rings is 4. The number of nitrogens with zero attached hydrogens (tertiary/aromatic N) is 2. The zero-order chi connectivity index (χ0) is 55.2. The Morgan fingerprint density at radius 1 is 0.468 bits per heavy atom. The van der Waals surface area contributed by atoms with Crippen molar-refractivity contribution in [3.63, 3.8) is 0 Å². The molecule has 2 heterocycles. The van der Waals surface area contributed by atoms with Crippen LogP contribution >= 0.6 is 46.4 Å². The average molecular weight is 1190 g/mol. The highest BCUT2D eigenvalue weighted by Gasteiger charge is 2.29. The third kappa shape index (κ3) is 20.8. The highest BCUT2D eigenvalue weighted by Crippen LogP contribution is 2.40. The molecule has 6 rings (SSSR count). The van der Waals surface area contributed by atoms with Crippen LogP contribution in [0.2, 0.25) is 20.1 Å². The van der Waals surface area contributed by atoms with Crippen LogP contribution in [-0.2, 0) is 75.5 Å². The number of fused-ring (bicyclic) bond motifs is 2. The lowest BCUT2D eigenvalue weighted by Gasteiger charge is -2.33. The Bertz CT molecular complexity index is 2550. The van der Waals surface area contributed by atoms with E-state index in [9.17, 15) is 26.4 Å². The molecule has 0 amide bonds. The lowest BCUT2D eigenvalue weighted by Crippen LogP contribution is -2.31. The fourth-order valence-electron chi connectivity index (χ4n) is 9.26. The summed E-state index contributed by atoms with van der Waals surface area (Å²) in [4.78, 5) is 29.3. The van der Waals surface area contributed by atoms with E-state index in [-0.39, 0.29) is 84.0 Å². The quantitative estimate of drug-likeness (QED) is 0.0394. The standard InChI is InChI=1S/C56H72Cl4N2O13S2/c1-61-35-51(49-31-43(57)33-55(59)53(49)37-61)41-9-13-47(14-10-41)76(65,66)29-5-19-71-23-27-73-25-21-69-17-3-7-45(63)39-75-40-46(64)8-4-18-70-22-26-74-28-24-72-20-6-30-77(67,68)48-15-11-42(12-16-48)52-36-62(2)38-54-50(52)32-44(58)34-56(54)60/h9-16,31-34,51-52H,3-8,17-30,35-40H2,1-2H3. The number of sulfone groups is 2. The number of hydrogen-bond acceptors (Lipinski definition) is 15. The maximum atomic E-state index is 13.0. The van der Waals surface area contributed by atoms with E-state index in [4.69, 9.17) is 79.6 Å². The van der Waals surface area contributed by atoms with E-state index in [1.807, 2.05) is 50.5 Å². The van der Waals surface area contributed by atoms with Crippen LogP contribution in [0.5, 0.6) is 0 Å². The lowest BCUT2D eigenvalue weighted by molar-refractivity contribution is -0.129. The smallest absolute Gasteiger partial charge is 0.178 e. The fraction of sp³-hybridized carbons (Fsp3) is 0.536. The predicted molar refractivity (Wildman–Crippen MR) is 300 cm³/mol. The number of carbonyl (C=O) groups excluding carboxylic acids is 2. The zero-order valence-corrected chi connectivity index (χ0v) is 48.7. The largest absolute Gasteiger partial charge is 0.379 e. The van der Waals surface area contributed by atoms with Gasteiger partial charge in [0.1, 0.15) is 13.2 Å². The molecule has 0 N–H and O–H groups in total. The van der Waals surface area contributed by atoms with Gasteiger partial charge in [0.25, 0.3) is 0 Å². The van der Waals surface area contributed by atoms with Crippen molar-refractivity contribution in [1.29, 1.82) is 0 Å². The lowest BCUT2D eigenvalue weighted by atomic mass is 9.85. The molecular weight excluding hydrogens is 1110 g/mol. The van der Waals surface area contributed by atoms with Crippen molar-refractivity contribution in [3.05, 3.63) is 126 Å². The average Bonchev–Trinajstić information content (AvgIpc) is 3.43. The van der Waals surface area contributed by atoms with Crippen LogP contribution in [0.1, 0.15) is 83.7 Å². The second kappa shape index (κ2) is 32.4. The van der Waals surface area contributed by atoms with E-state index < -0.39 is 19.7 Å². The van der Waals surface area contributed by atoms with Crippen molar-refractivity contribution < 1.29 is 59.6 Å². The zero-order valence-electron chi connectivity index (χ0n) is 44.0. The molecule has 21 heteroatoms. The Morgan fingerprint density at radius 2 is 0.792 bits per heavy atom. The first-order chi connectivity index (χ1) is 37.0. The molecule has 77 heavy (non-hydrogen) atoms. The Balaban J connectivity index is 0.674. The molecule has 0 aliphatic carbocycles. The Labute approximate surface area is 474 Å². The van der Waals surface area contributed by atoms with Gasteiger partial charge in [-0.05, 0) is 122 Å². The van der Waals surface area contributed by atoms with E-state index in [0.717, 1.165) is 59.6 Å². The minimum atomic E-state index is -3.48. The summed E-state index contributed by atoms with van der Waals surface area (Å²) >= 11 is 25.7. The van der Waals surface area contributed by atoms with Gasteiger partial charge in [0.2, 0.25) is 0 Å². The van der Waals surface area contributed by atoms with Crippen LogP contribution in [0.25, 0.3) is 0 Å². The van der Waals surface area contributed by atoms with Gasteiger partial charge in [0, 0.05) is 97.4 Å². The summed E-state index contributed by atoms with van der Waals surface area (Å²) in [5.41, 5.74) is 6.22. The Hall–Kier alpha value is -3.08. The summed E-state index contributed by atoms with van der Waals surface area (Å²) < 4.78 is 90.7. The predicted octanol–water partition coefficient (Wildman–Crippen LogP) is 9.30. The summed E-state index contributed by atoms with van der Waals surface area (Å²) in [5.74, 6) is -0.237. The number of ketones is 2. The molecule has 0 fully saturated rings. The number of ether oxygens (including phenoxy) is 7. The van der Waals surface area contributed by atoms with Gasteiger partial charge in [0.05, 0.1) is 74.2 Å². The molecular formula is C56H72Cl4N2O13S2. The van der Waals surface area contributed by atoms with Crippen molar-refractivity contribution in [2.45, 2.75) is 73.2 Å². The second-order valence-corrected chi connectivity index (χ2v) is 25.2. The van der Waals surface area contributed by atoms with Crippen LogP contribution in [0, 0.1) is 0 Å². The molecule has 15 nitrogen and oxygen atoms in total. The SMILES string of the molecule is CN1Cc2c(Cl)cc(Cl)cc2C(c2ccc(S(=O)(=O)CCCOCCOCCOCCCC(=O)COCC(=O)CCCOCCOCCOCCCS(=O)(=O)c3ccc(C4CN(C)Cc5c(Cl)cc(Cl)cc54)cc3)cc2)C1. The molecule has 2 aliphatic heterocycles. The molecule has 424 valence electrons. The van der Waals surface area contributed by atoms with Gasteiger partial charge in [-0.15, -0.1) is 0 Å². The maximum Gasteiger partial charge on any atom is 0.178 e. The molecule has 0 spiro atoms. The molecule has 0 saturated carbocycles. The van der Waals surface area contributed by atoms with Gasteiger partial charge in [-0.2, -0.15) is 0 Å². The first-order valence-corrected chi connectivity index (χ1v) is 30.9. The van der Waals surface area contributed by atoms with E-state index in [0.29, 0.717) is 112 Å². The molecule has 4 aromatic carbocycles. The summed E-state index contributed by atoms with van der Waals surface area (Å²) in [6.45, 7) is 6.79. The van der Waals surface area contributed by atoms with Gasteiger partial charge in [-0.3, -0.25) is 9.59 Å². The minimum absolute atomic E-state index is 0.0249. The number of likely N-dealkylation sites (N-methyl/N-ethyl adjacent to an activating group) is 2. The monoisotopic (exact) mass is 1180 g/mol. The molecule has 0 saturated heterocycles. The molecule has 0 bridgehead atoms. The van der Waals surface area contributed by atoms with Crippen molar-refractivity contribution >= 4 is 77.6 Å². The highest BCUT2D eigenvalue weighted by atomic mass is 35.5. The first kappa shape index (κ1) is 63.1. The van der Waals surface area contributed by atoms with E-state index in [1.54, 1.807) is 36.4 Å². The van der Waals surface area contributed by atoms with Crippen molar-refractivity contribution in [2.75, 3.05) is 131 Å². The van der Waals surface area contributed by atoms with Crippen LogP contribution in [0.15, 0.2) is 82.6 Å². The molecule has 2 aliphatic rings. The van der Waals surface area contributed by atoms with Gasteiger partial charge in [-0.25, -0.2) is 16.8 Å². The summed E-state index contributed by atoms with van der Waals surface area (Å²) in [6.07, 6.45) is 2.29. The number of carbonyl (C=O) groups is 2. The van der Waals surface area contributed by atoms with Gasteiger partial charge < -0.3 is 43.0 Å². The van der Waals surface area contributed by atoms with Crippen LogP contribution in [-0.4, -0.2) is 169 Å². The molecule has 2 unspecified atom stereocenters. The number of halogens is 4. The van der Waals surface area contributed by atoms with E-state index in [2.05, 4.69) is 9.80 Å². The molecule has 0 radical (unpaired) electrons. The molecule has 4 aromatic rings. The molecule has 0 aromatic heterocycles. The van der Waals surface area contributed by atoms with Gasteiger partial charge in [0.15, 0.2) is 31.2 Å². The summed E-state index contributed by atoms with van der Waals surface area (Å²) in [7, 11) is -2.90. The number of hydrogen-bond donors (Lipinski definition) is 0. The summed E-state index contributed by atoms with van der Waals surface area (Å²) in [6, 6.07) is 21.5.